The molecular weight excluding hydrogens is 284 g/mol. The molecular formula is C13H19ClN2O2S. The van der Waals surface area contributed by atoms with Crippen molar-refractivity contribution in [2.24, 2.45) is 5.41 Å². The van der Waals surface area contributed by atoms with Gasteiger partial charge in [-0.3, -0.25) is 0 Å². The van der Waals surface area contributed by atoms with Crippen LogP contribution in [0.25, 0.3) is 0 Å². The summed E-state index contributed by atoms with van der Waals surface area (Å²) in [6.07, 6.45) is 1.91. The Hall–Kier alpha value is -0.780. The van der Waals surface area contributed by atoms with E-state index < -0.39 is 10.0 Å². The summed E-state index contributed by atoms with van der Waals surface area (Å²) in [5.41, 5.74) is 6.00. The molecule has 0 amide bonds. The highest BCUT2D eigenvalue weighted by atomic mass is 35.5. The second kappa shape index (κ2) is 4.96. The number of piperidine rings is 1. The minimum Gasteiger partial charge on any atom is -0.398 e. The molecule has 1 aliphatic rings. The normalized spacial score (nSPS) is 20.4. The van der Waals surface area contributed by atoms with Crippen molar-refractivity contribution in [3.05, 3.63) is 23.2 Å². The summed E-state index contributed by atoms with van der Waals surface area (Å²) < 4.78 is 26.7. The van der Waals surface area contributed by atoms with Gasteiger partial charge in [-0.25, -0.2) is 8.42 Å². The van der Waals surface area contributed by atoms with Crippen molar-refractivity contribution < 1.29 is 8.42 Å². The van der Waals surface area contributed by atoms with Gasteiger partial charge in [-0.15, -0.1) is 0 Å². The van der Waals surface area contributed by atoms with Crippen LogP contribution in [-0.4, -0.2) is 25.8 Å². The third-order valence-corrected chi connectivity index (χ3v) is 5.61. The molecule has 19 heavy (non-hydrogen) atoms. The standard InChI is InChI=1S/C13H19ClN2O2S/c1-13(2)6-3-7-16(9-13)19(17,18)12-5-4-10(14)8-11(12)15/h4-5,8H,3,6-7,9,15H2,1-2H3. The SMILES string of the molecule is CC1(C)CCCN(S(=O)(=O)c2ccc(Cl)cc2N)C1. The first-order chi connectivity index (χ1) is 8.72. The molecule has 106 valence electrons. The van der Waals surface area contributed by atoms with E-state index in [1.165, 1.54) is 16.4 Å². The van der Waals surface area contributed by atoms with Crippen molar-refractivity contribution >= 4 is 27.3 Å². The third-order valence-electron chi connectivity index (χ3n) is 3.46. The van der Waals surface area contributed by atoms with Gasteiger partial charge in [0, 0.05) is 18.1 Å². The zero-order valence-electron chi connectivity index (χ0n) is 11.2. The van der Waals surface area contributed by atoms with E-state index in [2.05, 4.69) is 13.8 Å². The number of nitrogen functional groups attached to an aromatic ring is 1. The molecule has 4 nitrogen and oxygen atoms in total. The number of sulfonamides is 1. The summed E-state index contributed by atoms with van der Waals surface area (Å²) in [6.45, 7) is 5.24. The van der Waals surface area contributed by atoms with Gasteiger partial charge in [0.15, 0.2) is 0 Å². The van der Waals surface area contributed by atoms with E-state index in [9.17, 15) is 8.42 Å². The average Bonchev–Trinajstić information content (AvgIpc) is 2.27. The van der Waals surface area contributed by atoms with E-state index in [0.29, 0.717) is 18.1 Å². The van der Waals surface area contributed by atoms with Crippen molar-refractivity contribution in [2.75, 3.05) is 18.8 Å². The van der Waals surface area contributed by atoms with Crippen molar-refractivity contribution in [3.63, 3.8) is 0 Å². The Morgan fingerprint density at radius 3 is 2.63 bits per heavy atom. The maximum Gasteiger partial charge on any atom is 0.245 e. The van der Waals surface area contributed by atoms with Gasteiger partial charge >= 0.3 is 0 Å². The molecule has 0 aromatic heterocycles. The second-order valence-corrected chi connectivity index (χ2v) is 8.13. The van der Waals surface area contributed by atoms with Crippen LogP contribution in [0.3, 0.4) is 0 Å². The van der Waals surface area contributed by atoms with Crippen molar-refractivity contribution in [2.45, 2.75) is 31.6 Å². The molecule has 0 unspecified atom stereocenters. The second-order valence-electron chi connectivity index (χ2n) is 5.79. The molecule has 2 rings (SSSR count). The quantitative estimate of drug-likeness (QED) is 0.854. The van der Waals surface area contributed by atoms with Crippen LogP contribution in [0.2, 0.25) is 5.02 Å². The van der Waals surface area contributed by atoms with Crippen LogP contribution in [-0.2, 0) is 10.0 Å². The number of hydrogen-bond donors (Lipinski definition) is 1. The van der Waals surface area contributed by atoms with E-state index in [4.69, 9.17) is 17.3 Å². The van der Waals surface area contributed by atoms with Crippen LogP contribution in [0.1, 0.15) is 26.7 Å². The van der Waals surface area contributed by atoms with Crippen LogP contribution in [0.4, 0.5) is 5.69 Å². The lowest BCUT2D eigenvalue weighted by atomic mass is 9.85. The Bertz CT molecular complexity index is 584. The predicted octanol–water partition coefficient (Wildman–Crippen LogP) is 2.73. The Kier molecular flexibility index (Phi) is 3.82. The first-order valence-electron chi connectivity index (χ1n) is 6.28. The summed E-state index contributed by atoms with van der Waals surface area (Å²) in [6, 6.07) is 4.51. The summed E-state index contributed by atoms with van der Waals surface area (Å²) in [5.74, 6) is 0. The van der Waals surface area contributed by atoms with Crippen LogP contribution < -0.4 is 5.73 Å². The van der Waals surface area contributed by atoms with E-state index in [1.807, 2.05) is 0 Å². The summed E-state index contributed by atoms with van der Waals surface area (Å²) >= 11 is 5.81. The molecule has 1 aromatic rings. The Labute approximate surface area is 119 Å². The molecule has 6 heteroatoms. The number of nitrogens with two attached hydrogens (primary N) is 1. The Morgan fingerprint density at radius 1 is 1.37 bits per heavy atom. The van der Waals surface area contributed by atoms with Crippen LogP contribution in [0, 0.1) is 5.41 Å². The summed E-state index contributed by atoms with van der Waals surface area (Å²) in [7, 11) is -3.53. The Balaban J connectivity index is 2.37. The summed E-state index contributed by atoms with van der Waals surface area (Å²) in [5, 5.41) is 0.440. The average molecular weight is 303 g/mol. The van der Waals surface area contributed by atoms with Gasteiger partial charge in [-0.2, -0.15) is 4.31 Å². The van der Waals surface area contributed by atoms with E-state index in [1.54, 1.807) is 6.07 Å². The van der Waals surface area contributed by atoms with Crippen LogP contribution in [0.15, 0.2) is 23.1 Å². The number of halogens is 1. The fourth-order valence-corrected chi connectivity index (χ4v) is 4.41. The van der Waals surface area contributed by atoms with Crippen molar-refractivity contribution in [3.8, 4) is 0 Å². The number of benzene rings is 1. The van der Waals surface area contributed by atoms with Crippen LogP contribution >= 0.6 is 11.6 Å². The lowest BCUT2D eigenvalue weighted by molar-refractivity contribution is 0.187. The van der Waals surface area contributed by atoms with Gasteiger partial charge in [0.05, 0.1) is 5.69 Å². The van der Waals surface area contributed by atoms with Gasteiger partial charge in [0.2, 0.25) is 10.0 Å². The largest absolute Gasteiger partial charge is 0.398 e. The fraction of sp³-hybridized carbons (Fsp3) is 0.538. The maximum absolute atomic E-state index is 12.6. The zero-order chi connectivity index (χ0) is 14.3. The molecule has 0 bridgehead atoms. The molecule has 0 spiro atoms. The van der Waals surface area contributed by atoms with E-state index in [0.717, 1.165) is 12.8 Å². The first-order valence-corrected chi connectivity index (χ1v) is 8.09. The van der Waals surface area contributed by atoms with Gasteiger partial charge < -0.3 is 5.73 Å². The number of rotatable bonds is 2. The van der Waals surface area contributed by atoms with Crippen LogP contribution in [0.5, 0.6) is 0 Å². The van der Waals surface area contributed by atoms with E-state index >= 15 is 0 Å². The number of hydrogen-bond acceptors (Lipinski definition) is 3. The van der Waals surface area contributed by atoms with E-state index in [-0.39, 0.29) is 16.0 Å². The molecule has 0 atom stereocenters. The lowest BCUT2D eigenvalue weighted by Gasteiger charge is -2.37. The van der Waals surface area contributed by atoms with Crippen molar-refractivity contribution in [1.82, 2.24) is 4.31 Å². The highest BCUT2D eigenvalue weighted by Crippen LogP contribution is 2.33. The van der Waals surface area contributed by atoms with Gasteiger partial charge in [0.25, 0.3) is 0 Å². The van der Waals surface area contributed by atoms with Gasteiger partial charge in [0.1, 0.15) is 4.90 Å². The predicted molar refractivity (Wildman–Crippen MR) is 77.6 cm³/mol. The number of nitrogens with zero attached hydrogens (tertiary/aromatic N) is 1. The van der Waals surface area contributed by atoms with Crippen molar-refractivity contribution in [1.29, 1.82) is 0 Å². The lowest BCUT2D eigenvalue weighted by Crippen LogP contribution is -2.43. The first kappa shape index (κ1) is 14.6. The number of anilines is 1. The molecule has 0 saturated carbocycles. The fourth-order valence-electron chi connectivity index (χ4n) is 2.47. The Morgan fingerprint density at radius 2 is 2.05 bits per heavy atom. The van der Waals surface area contributed by atoms with Gasteiger partial charge in [-0.1, -0.05) is 25.4 Å². The molecule has 1 saturated heterocycles. The maximum atomic E-state index is 12.6. The minimum absolute atomic E-state index is 0.00646. The zero-order valence-corrected chi connectivity index (χ0v) is 12.8. The van der Waals surface area contributed by atoms with Gasteiger partial charge in [-0.05, 0) is 36.5 Å². The highest BCUT2D eigenvalue weighted by Gasteiger charge is 2.34. The molecule has 1 aromatic carbocycles. The highest BCUT2D eigenvalue weighted by molar-refractivity contribution is 7.89. The molecule has 1 heterocycles. The monoisotopic (exact) mass is 302 g/mol. The molecule has 0 aliphatic carbocycles. The third kappa shape index (κ3) is 3.04. The molecule has 0 radical (unpaired) electrons. The minimum atomic E-state index is -3.53. The molecule has 1 aliphatic heterocycles. The smallest absolute Gasteiger partial charge is 0.245 e. The molecule has 2 N–H and O–H groups in total. The summed E-state index contributed by atoms with van der Waals surface area (Å²) in [4.78, 5) is 0.148. The molecule has 1 fully saturated rings. The topological polar surface area (TPSA) is 63.4 Å².